The maximum atomic E-state index is 11.9. The highest BCUT2D eigenvalue weighted by molar-refractivity contribution is 9.10. The SMILES string of the molecule is CCc1cccc(OCCNC(=O)c2cccc(Br)c2)c1. The van der Waals surface area contributed by atoms with Gasteiger partial charge in [-0.15, -0.1) is 0 Å². The Balaban J connectivity index is 1.78. The number of benzene rings is 2. The van der Waals surface area contributed by atoms with E-state index in [2.05, 4.69) is 34.2 Å². The highest BCUT2D eigenvalue weighted by atomic mass is 79.9. The lowest BCUT2D eigenvalue weighted by atomic mass is 10.2. The summed E-state index contributed by atoms with van der Waals surface area (Å²) in [4.78, 5) is 11.9. The van der Waals surface area contributed by atoms with Crippen molar-refractivity contribution in [3.05, 3.63) is 64.1 Å². The van der Waals surface area contributed by atoms with Crippen LogP contribution in [0.4, 0.5) is 0 Å². The topological polar surface area (TPSA) is 38.3 Å². The van der Waals surface area contributed by atoms with Gasteiger partial charge in [0.25, 0.3) is 5.91 Å². The Labute approximate surface area is 133 Å². The van der Waals surface area contributed by atoms with Crippen molar-refractivity contribution in [1.29, 1.82) is 0 Å². The molecule has 1 amide bonds. The molecular weight excluding hydrogens is 330 g/mol. The summed E-state index contributed by atoms with van der Waals surface area (Å²) in [5.74, 6) is 0.744. The third-order valence-corrected chi connectivity index (χ3v) is 3.54. The maximum Gasteiger partial charge on any atom is 0.251 e. The van der Waals surface area contributed by atoms with Crippen LogP contribution in [0.25, 0.3) is 0 Å². The van der Waals surface area contributed by atoms with Gasteiger partial charge in [-0.2, -0.15) is 0 Å². The molecule has 3 nitrogen and oxygen atoms in total. The molecule has 0 saturated heterocycles. The van der Waals surface area contributed by atoms with Crippen LogP contribution in [0.15, 0.2) is 53.0 Å². The Morgan fingerprint density at radius 1 is 1.19 bits per heavy atom. The van der Waals surface area contributed by atoms with Crippen molar-refractivity contribution in [3.63, 3.8) is 0 Å². The lowest BCUT2D eigenvalue weighted by Crippen LogP contribution is -2.28. The van der Waals surface area contributed by atoms with Crippen molar-refractivity contribution >= 4 is 21.8 Å². The van der Waals surface area contributed by atoms with Crippen LogP contribution in [0.1, 0.15) is 22.8 Å². The molecule has 2 aromatic rings. The van der Waals surface area contributed by atoms with E-state index in [1.807, 2.05) is 30.3 Å². The van der Waals surface area contributed by atoms with Gasteiger partial charge in [-0.05, 0) is 42.3 Å². The fourth-order valence-electron chi connectivity index (χ4n) is 1.92. The summed E-state index contributed by atoms with van der Waals surface area (Å²) in [6.45, 7) is 3.03. The first-order chi connectivity index (χ1) is 10.2. The van der Waals surface area contributed by atoms with Crippen LogP contribution in [0.3, 0.4) is 0 Å². The Bertz CT molecular complexity index is 613. The number of carbonyl (C=O) groups is 1. The van der Waals surface area contributed by atoms with Gasteiger partial charge >= 0.3 is 0 Å². The number of amides is 1. The smallest absolute Gasteiger partial charge is 0.251 e. The fraction of sp³-hybridized carbons (Fsp3) is 0.235. The van der Waals surface area contributed by atoms with Gasteiger partial charge < -0.3 is 10.1 Å². The zero-order valence-corrected chi connectivity index (χ0v) is 13.5. The van der Waals surface area contributed by atoms with E-state index in [9.17, 15) is 4.79 Å². The van der Waals surface area contributed by atoms with E-state index in [0.717, 1.165) is 16.6 Å². The van der Waals surface area contributed by atoms with Crippen molar-refractivity contribution in [2.45, 2.75) is 13.3 Å². The van der Waals surface area contributed by atoms with E-state index in [0.29, 0.717) is 18.7 Å². The summed E-state index contributed by atoms with van der Waals surface area (Å²) in [7, 11) is 0. The van der Waals surface area contributed by atoms with Gasteiger partial charge in [0.1, 0.15) is 12.4 Å². The lowest BCUT2D eigenvalue weighted by Gasteiger charge is -2.09. The molecule has 0 aromatic heterocycles. The summed E-state index contributed by atoms with van der Waals surface area (Å²) in [5, 5.41) is 2.84. The minimum atomic E-state index is -0.0952. The van der Waals surface area contributed by atoms with Crippen LogP contribution < -0.4 is 10.1 Å². The van der Waals surface area contributed by atoms with Crippen LogP contribution in [0, 0.1) is 0 Å². The molecule has 4 heteroatoms. The minimum Gasteiger partial charge on any atom is -0.492 e. The molecule has 0 atom stereocenters. The highest BCUT2D eigenvalue weighted by Crippen LogP contribution is 2.13. The van der Waals surface area contributed by atoms with E-state index >= 15 is 0 Å². The second-order valence-electron chi connectivity index (χ2n) is 4.62. The number of aryl methyl sites for hydroxylation is 1. The minimum absolute atomic E-state index is 0.0952. The van der Waals surface area contributed by atoms with Gasteiger partial charge in [0.15, 0.2) is 0 Å². The van der Waals surface area contributed by atoms with E-state index in [1.165, 1.54) is 5.56 Å². The molecule has 0 heterocycles. The van der Waals surface area contributed by atoms with Crippen LogP contribution in [-0.2, 0) is 6.42 Å². The van der Waals surface area contributed by atoms with Crippen LogP contribution in [0.5, 0.6) is 5.75 Å². The lowest BCUT2D eigenvalue weighted by molar-refractivity contribution is 0.0947. The van der Waals surface area contributed by atoms with E-state index in [4.69, 9.17) is 4.74 Å². The summed E-state index contributed by atoms with van der Waals surface area (Å²) in [5.41, 5.74) is 1.88. The number of rotatable bonds is 6. The van der Waals surface area contributed by atoms with Crippen LogP contribution in [-0.4, -0.2) is 19.1 Å². The molecule has 2 aromatic carbocycles. The first-order valence-corrected chi connectivity index (χ1v) is 7.74. The molecule has 0 radical (unpaired) electrons. The number of carbonyl (C=O) groups excluding carboxylic acids is 1. The van der Waals surface area contributed by atoms with Gasteiger partial charge in [0, 0.05) is 10.0 Å². The van der Waals surface area contributed by atoms with Gasteiger partial charge in [-0.25, -0.2) is 0 Å². The molecule has 0 fully saturated rings. The highest BCUT2D eigenvalue weighted by Gasteiger charge is 2.04. The number of nitrogens with one attached hydrogen (secondary N) is 1. The Kier molecular flexibility index (Phi) is 5.81. The molecule has 0 saturated carbocycles. The molecule has 110 valence electrons. The first kappa shape index (κ1) is 15.6. The molecule has 0 unspecified atom stereocenters. The zero-order valence-electron chi connectivity index (χ0n) is 11.9. The number of hydrogen-bond acceptors (Lipinski definition) is 2. The van der Waals surface area contributed by atoms with Crippen molar-refractivity contribution in [3.8, 4) is 5.75 Å². The van der Waals surface area contributed by atoms with Crippen LogP contribution in [0.2, 0.25) is 0 Å². The molecule has 2 rings (SSSR count). The molecule has 21 heavy (non-hydrogen) atoms. The first-order valence-electron chi connectivity index (χ1n) is 6.94. The van der Waals surface area contributed by atoms with Crippen molar-refractivity contribution in [1.82, 2.24) is 5.32 Å². The number of halogens is 1. The van der Waals surface area contributed by atoms with Crippen LogP contribution >= 0.6 is 15.9 Å². The second-order valence-corrected chi connectivity index (χ2v) is 5.53. The molecule has 0 aliphatic carbocycles. The molecule has 0 aliphatic rings. The Morgan fingerprint density at radius 3 is 2.76 bits per heavy atom. The van der Waals surface area contributed by atoms with Crippen molar-refractivity contribution in [2.75, 3.05) is 13.2 Å². The molecule has 0 aliphatic heterocycles. The summed E-state index contributed by atoms with van der Waals surface area (Å²) in [6.07, 6.45) is 0.983. The van der Waals surface area contributed by atoms with Gasteiger partial charge in [0.05, 0.1) is 6.54 Å². The standard InChI is InChI=1S/C17H18BrNO2/c1-2-13-5-3-8-16(11-13)21-10-9-19-17(20)14-6-4-7-15(18)12-14/h3-8,11-12H,2,9-10H2,1H3,(H,19,20). The molecule has 0 bridgehead atoms. The second kappa shape index (κ2) is 7.84. The molecule has 0 spiro atoms. The predicted octanol–water partition coefficient (Wildman–Crippen LogP) is 3.82. The molecular formula is C17H18BrNO2. The average molecular weight is 348 g/mol. The summed E-state index contributed by atoms with van der Waals surface area (Å²) >= 11 is 3.35. The molecule has 1 N–H and O–H groups in total. The third-order valence-electron chi connectivity index (χ3n) is 3.05. The van der Waals surface area contributed by atoms with E-state index in [-0.39, 0.29) is 5.91 Å². The summed E-state index contributed by atoms with van der Waals surface area (Å²) in [6, 6.07) is 15.3. The summed E-state index contributed by atoms with van der Waals surface area (Å²) < 4.78 is 6.53. The van der Waals surface area contributed by atoms with Gasteiger partial charge in [-0.3, -0.25) is 4.79 Å². The normalized spacial score (nSPS) is 10.2. The van der Waals surface area contributed by atoms with E-state index in [1.54, 1.807) is 12.1 Å². The Morgan fingerprint density at radius 2 is 2.00 bits per heavy atom. The van der Waals surface area contributed by atoms with Gasteiger partial charge in [0.2, 0.25) is 0 Å². The quantitative estimate of drug-likeness (QED) is 0.806. The Hall–Kier alpha value is -1.81. The monoisotopic (exact) mass is 347 g/mol. The predicted molar refractivity (Wildman–Crippen MR) is 87.8 cm³/mol. The van der Waals surface area contributed by atoms with Gasteiger partial charge in [-0.1, -0.05) is 41.1 Å². The fourth-order valence-corrected chi connectivity index (χ4v) is 2.32. The average Bonchev–Trinajstić information content (AvgIpc) is 2.51. The maximum absolute atomic E-state index is 11.9. The third kappa shape index (κ3) is 4.90. The number of ether oxygens (including phenoxy) is 1. The van der Waals surface area contributed by atoms with Crippen molar-refractivity contribution in [2.24, 2.45) is 0 Å². The zero-order chi connectivity index (χ0) is 15.1. The van der Waals surface area contributed by atoms with E-state index < -0.39 is 0 Å². The van der Waals surface area contributed by atoms with Crippen molar-refractivity contribution < 1.29 is 9.53 Å². The number of hydrogen-bond donors (Lipinski definition) is 1. The largest absolute Gasteiger partial charge is 0.492 e.